The smallest absolute Gasteiger partial charge is 0.280 e. The molecular weight excluding hydrogens is 195 g/mol. The minimum atomic E-state index is -2.86. The Morgan fingerprint density at radius 3 is 2.71 bits per heavy atom. The van der Waals surface area contributed by atoms with Crippen LogP contribution in [-0.4, -0.2) is 4.98 Å². The van der Waals surface area contributed by atoms with Gasteiger partial charge in [0.25, 0.3) is 6.43 Å². The Balaban J connectivity index is 3.25. The van der Waals surface area contributed by atoms with E-state index >= 15 is 0 Å². The number of nitrogens with zero attached hydrogens (tertiary/aromatic N) is 2. The third-order valence-corrected chi connectivity index (χ3v) is 1.59. The highest BCUT2D eigenvalue weighted by Crippen LogP contribution is 2.23. The van der Waals surface area contributed by atoms with Gasteiger partial charge in [-0.15, -0.1) is 0 Å². The lowest BCUT2D eigenvalue weighted by atomic mass is 10.1. The first-order valence-corrected chi connectivity index (χ1v) is 3.66. The van der Waals surface area contributed by atoms with Gasteiger partial charge in [-0.2, -0.15) is 5.26 Å². The van der Waals surface area contributed by atoms with Crippen LogP contribution in [0.1, 0.15) is 17.7 Å². The number of nitrogens with two attached hydrogens (primary N) is 1. The molecule has 0 aliphatic rings. The van der Waals surface area contributed by atoms with Gasteiger partial charge in [-0.1, -0.05) is 0 Å². The van der Waals surface area contributed by atoms with Crippen LogP contribution in [0.25, 0.3) is 0 Å². The van der Waals surface area contributed by atoms with Crippen LogP contribution in [0.3, 0.4) is 0 Å². The fraction of sp³-hybridized carbons (Fsp3) is 0.250. The number of hydrogen-bond acceptors (Lipinski definition) is 3. The van der Waals surface area contributed by atoms with E-state index in [0.717, 1.165) is 6.07 Å². The minimum absolute atomic E-state index is 0.130. The Morgan fingerprint density at radius 1 is 1.57 bits per heavy atom. The molecular formula is C8H6F3N3. The zero-order valence-corrected chi connectivity index (χ0v) is 6.97. The molecule has 0 aliphatic carbocycles. The minimum Gasteiger partial charge on any atom is -0.381 e. The van der Waals surface area contributed by atoms with Crippen molar-refractivity contribution in [1.82, 2.24) is 4.98 Å². The van der Waals surface area contributed by atoms with Crippen molar-refractivity contribution >= 4 is 5.82 Å². The second-order valence-electron chi connectivity index (χ2n) is 2.54. The molecule has 0 bridgehead atoms. The third-order valence-electron chi connectivity index (χ3n) is 1.59. The van der Waals surface area contributed by atoms with E-state index in [1.807, 2.05) is 0 Å². The van der Waals surface area contributed by atoms with Gasteiger partial charge >= 0.3 is 0 Å². The second kappa shape index (κ2) is 3.96. The van der Waals surface area contributed by atoms with Crippen molar-refractivity contribution in [3.05, 3.63) is 23.1 Å². The molecule has 1 aromatic rings. The Hall–Kier alpha value is -1.77. The van der Waals surface area contributed by atoms with Gasteiger partial charge in [-0.05, 0) is 11.6 Å². The van der Waals surface area contributed by atoms with Crippen molar-refractivity contribution < 1.29 is 13.2 Å². The number of alkyl halides is 2. The van der Waals surface area contributed by atoms with Gasteiger partial charge in [0.05, 0.1) is 12.5 Å². The van der Waals surface area contributed by atoms with Crippen LogP contribution >= 0.6 is 0 Å². The van der Waals surface area contributed by atoms with Crippen molar-refractivity contribution in [2.24, 2.45) is 0 Å². The molecule has 6 heteroatoms. The van der Waals surface area contributed by atoms with Crippen LogP contribution in [0.4, 0.5) is 19.0 Å². The van der Waals surface area contributed by atoms with Crippen molar-refractivity contribution in [2.75, 3.05) is 5.73 Å². The molecule has 74 valence electrons. The lowest BCUT2D eigenvalue weighted by Crippen LogP contribution is -2.04. The number of nitriles is 1. The molecule has 14 heavy (non-hydrogen) atoms. The van der Waals surface area contributed by atoms with Gasteiger partial charge < -0.3 is 5.73 Å². The third kappa shape index (κ3) is 1.93. The average Bonchev–Trinajstić information content (AvgIpc) is 2.11. The molecule has 3 nitrogen and oxygen atoms in total. The van der Waals surface area contributed by atoms with Crippen LogP contribution in [-0.2, 0) is 6.42 Å². The van der Waals surface area contributed by atoms with Gasteiger partial charge in [0.15, 0.2) is 11.6 Å². The van der Waals surface area contributed by atoms with Crippen LogP contribution in [0.15, 0.2) is 6.07 Å². The van der Waals surface area contributed by atoms with Crippen LogP contribution < -0.4 is 5.73 Å². The summed E-state index contributed by atoms with van der Waals surface area (Å²) >= 11 is 0. The Labute approximate surface area is 78.0 Å². The van der Waals surface area contributed by atoms with Crippen molar-refractivity contribution in [1.29, 1.82) is 5.26 Å². The molecule has 0 atom stereocenters. The molecule has 0 unspecified atom stereocenters. The largest absolute Gasteiger partial charge is 0.381 e. The summed E-state index contributed by atoms with van der Waals surface area (Å²) in [6.07, 6.45) is -3.18. The summed E-state index contributed by atoms with van der Waals surface area (Å²) in [6, 6.07) is 2.46. The monoisotopic (exact) mass is 201 g/mol. The van der Waals surface area contributed by atoms with Crippen molar-refractivity contribution in [3.63, 3.8) is 0 Å². The number of halogens is 3. The van der Waals surface area contributed by atoms with Gasteiger partial charge in [0.1, 0.15) is 5.69 Å². The zero-order valence-electron chi connectivity index (χ0n) is 6.97. The summed E-state index contributed by atoms with van der Waals surface area (Å²) in [4.78, 5) is 3.19. The van der Waals surface area contributed by atoms with Gasteiger partial charge in [-0.25, -0.2) is 18.2 Å². The SMILES string of the molecule is N#CCc1cc(F)c(N)nc1C(F)F. The van der Waals surface area contributed by atoms with E-state index in [9.17, 15) is 13.2 Å². The van der Waals surface area contributed by atoms with E-state index in [1.165, 1.54) is 0 Å². The Morgan fingerprint density at radius 2 is 2.21 bits per heavy atom. The number of rotatable bonds is 2. The number of nitrogen functional groups attached to an aromatic ring is 1. The summed E-state index contributed by atoms with van der Waals surface area (Å²) in [5.41, 5.74) is 4.26. The van der Waals surface area contributed by atoms with E-state index < -0.39 is 23.8 Å². The highest BCUT2D eigenvalue weighted by Gasteiger charge is 2.17. The average molecular weight is 201 g/mol. The number of hydrogen-bond donors (Lipinski definition) is 1. The predicted octanol–water partition coefficient (Wildman–Crippen LogP) is 1.81. The molecule has 1 rings (SSSR count). The lowest BCUT2D eigenvalue weighted by molar-refractivity contribution is 0.145. The van der Waals surface area contributed by atoms with E-state index in [1.54, 1.807) is 6.07 Å². The summed E-state index contributed by atoms with van der Waals surface area (Å²) < 4.78 is 37.4. The fourth-order valence-electron chi connectivity index (χ4n) is 0.972. The molecule has 0 radical (unpaired) electrons. The standard InChI is InChI=1S/C8H6F3N3/c9-5-3-4(1-2-12)6(7(10)11)14-8(5)13/h3,7H,1H2,(H2,13,14). The predicted molar refractivity (Wildman–Crippen MR) is 42.9 cm³/mol. The fourth-order valence-corrected chi connectivity index (χ4v) is 0.972. The molecule has 2 N–H and O–H groups in total. The number of pyridine rings is 1. The van der Waals surface area contributed by atoms with Gasteiger partial charge in [0.2, 0.25) is 0 Å². The maximum Gasteiger partial charge on any atom is 0.280 e. The van der Waals surface area contributed by atoms with Gasteiger partial charge in [0, 0.05) is 0 Å². The Bertz CT molecular complexity index is 384. The van der Waals surface area contributed by atoms with E-state index in [2.05, 4.69) is 4.98 Å². The summed E-state index contributed by atoms with van der Waals surface area (Å²) in [6.45, 7) is 0. The molecule has 1 heterocycles. The number of aromatic nitrogens is 1. The maximum absolute atomic E-state index is 12.8. The van der Waals surface area contributed by atoms with E-state index in [4.69, 9.17) is 11.0 Å². The first kappa shape index (κ1) is 10.3. The Kier molecular flexibility index (Phi) is 2.92. The molecule has 0 spiro atoms. The molecule has 0 aromatic carbocycles. The molecule has 1 aromatic heterocycles. The van der Waals surface area contributed by atoms with E-state index in [-0.39, 0.29) is 12.0 Å². The van der Waals surface area contributed by atoms with E-state index in [0.29, 0.717) is 0 Å². The maximum atomic E-state index is 12.8. The summed E-state index contributed by atoms with van der Waals surface area (Å²) in [5, 5.41) is 8.31. The van der Waals surface area contributed by atoms with Crippen molar-refractivity contribution in [2.45, 2.75) is 12.8 Å². The highest BCUT2D eigenvalue weighted by molar-refractivity contribution is 5.37. The van der Waals surface area contributed by atoms with Crippen LogP contribution in [0.5, 0.6) is 0 Å². The van der Waals surface area contributed by atoms with Crippen LogP contribution in [0, 0.1) is 17.1 Å². The quantitative estimate of drug-likeness (QED) is 0.793. The first-order valence-electron chi connectivity index (χ1n) is 3.66. The molecule has 0 aliphatic heterocycles. The first-order chi connectivity index (χ1) is 6.56. The molecule has 0 amide bonds. The second-order valence-corrected chi connectivity index (χ2v) is 2.54. The number of anilines is 1. The van der Waals surface area contributed by atoms with Crippen molar-refractivity contribution in [3.8, 4) is 6.07 Å². The lowest BCUT2D eigenvalue weighted by Gasteiger charge is -2.06. The zero-order chi connectivity index (χ0) is 10.7. The summed E-state index contributed by atoms with van der Waals surface area (Å²) in [5.74, 6) is -1.47. The molecule has 0 fully saturated rings. The normalized spacial score (nSPS) is 10.2. The van der Waals surface area contributed by atoms with Crippen LogP contribution in [0.2, 0.25) is 0 Å². The molecule has 0 saturated heterocycles. The van der Waals surface area contributed by atoms with Gasteiger partial charge in [-0.3, -0.25) is 0 Å². The highest BCUT2D eigenvalue weighted by atomic mass is 19.3. The molecule has 0 saturated carbocycles. The summed E-state index contributed by atoms with van der Waals surface area (Å²) in [7, 11) is 0. The topological polar surface area (TPSA) is 62.7 Å².